The number of halogens is 1. The van der Waals surface area contributed by atoms with Crippen molar-refractivity contribution in [2.24, 2.45) is 5.41 Å². The lowest BCUT2D eigenvalue weighted by atomic mass is 9.81. The first-order valence-electron chi connectivity index (χ1n) is 5.12. The maximum absolute atomic E-state index is 9.31. The van der Waals surface area contributed by atoms with Gasteiger partial charge in [0.25, 0.3) is 0 Å². The molecule has 0 amide bonds. The normalized spacial score (nSPS) is 11.7. The highest BCUT2D eigenvalue weighted by Crippen LogP contribution is 2.26. The second kappa shape index (κ2) is 5.50. The molecule has 0 fully saturated rings. The fourth-order valence-electron chi connectivity index (χ4n) is 1.55. The SMILES string of the molecule is CCC(CO)(CO)Cc1ccc(Cl)cc1. The summed E-state index contributed by atoms with van der Waals surface area (Å²) >= 11 is 5.79. The Hall–Kier alpha value is -0.570. The van der Waals surface area contributed by atoms with Crippen LogP contribution in [0.4, 0.5) is 0 Å². The molecule has 15 heavy (non-hydrogen) atoms. The second-order valence-corrected chi connectivity index (χ2v) is 4.41. The zero-order chi connectivity index (χ0) is 11.3. The molecule has 0 heterocycles. The minimum Gasteiger partial charge on any atom is -0.396 e. The van der Waals surface area contributed by atoms with Crippen molar-refractivity contribution >= 4 is 11.6 Å². The lowest BCUT2D eigenvalue weighted by Crippen LogP contribution is -2.31. The Bertz CT molecular complexity index is 283. The van der Waals surface area contributed by atoms with Crippen molar-refractivity contribution in [3.8, 4) is 0 Å². The molecule has 0 radical (unpaired) electrons. The fourth-order valence-corrected chi connectivity index (χ4v) is 1.67. The van der Waals surface area contributed by atoms with E-state index in [0.717, 1.165) is 12.0 Å². The minimum absolute atomic E-state index is 0.00261. The van der Waals surface area contributed by atoms with Gasteiger partial charge in [0.15, 0.2) is 0 Å². The number of aliphatic hydroxyl groups excluding tert-OH is 2. The molecule has 1 rings (SSSR count). The van der Waals surface area contributed by atoms with E-state index in [0.29, 0.717) is 11.4 Å². The number of rotatable bonds is 5. The summed E-state index contributed by atoms with van der Waals surface area (Å²) in [6.07, 6.45) is 1.43. The highest BCUT2D eigenvalue weighted by molar-refractivity contribution is 6.30. The molecule has 0 unspecified atom stereocenters. The first kappa shape index (κ1) is 12.5. The molecule has 84 valence electrons. The zero-order valence-corrected chi connectivity index (χ0v) is 9.67. The first-order chi connectivity index (χ1) is 7.15. The minimum atomic E-state index is -0.409. The van der Waals surface area contributed by atoms with Crippen LogP contribution >= 0.6 is 11.6 Å². The smallest absolute Gasteiger partial charge is 0.0512 e. The quantitative estimate of drug-likeness (QED) is 0.812. The van der Waals surface area contributed by atoms with Crippen LogP contribution in [0.5, 0.6) is 0 Å². The highest BCUT2D eigenvalue weighted by atomic mass is 35.5. The van der Waals surface area contributed by atoms with Gasteiger partial charge in [-0.2, -0.15) is 0 Å². The van der Waals surface area contributed by atoms with Crippen LogP contribution < -0.4 is 0 Å². The van der Waals surface area contributed by atoms with Crippen LogP contribution in [0.25, 0.3) is 0 Å². The van der Waals surface area contributed by atoms with Gasteiger partial charge in [0.2, 0.25) is 0 Å². The third-order valence-corrected chi connectivity index (χ3v) is 3.17. The van der Waals surface area contributed by atoms with Gasteiger partial charge in [0, 0.05) is 10.4 Å². The molecule has 0 aliphatic rings. The van der Waals surface area contributed by atoms with E-state index in [1.807, 2.05) is 31.2 Å². The molecule has 0 aliphatic heterocycles. The molecule has 1 aromatic carbocycles. The number of aliphatic hydroxyl groups is 2. The number of hydrogen-bond acceptors (Lipinski definition) is 2. The fraction of sp³-hybridized carbons (Fsp3) is 0.500. The average Bonchev–Trinajstić information content (AvgIpc) is 2.29. The van der Waals surface area contributed by atoms with Gasteiger partial charge in [-0.3, -0.25) is 0 Å². The van der Waals surface area contributed by atoms with Gasteiger partial charge in [-0.25, -0.2) is 0 Å². The Balaban J connectivity index is 2.78. The lowest BCUT2D eigenvalue weighted by molar-refractivity contribution is 0.0514. The van der Waals surface area contributed by atoms with Crippen molar-refractivity contribution in [2.45, 2.75) is 19.8 Å². The van der Waals surface area contributed by atoms with Gasteiger partial charge in [-0.15, -0.1) is 0 Å². The monoisotopic (exact) mass is 228 g/mol. The van der Waals surface area contributed by atoms with Gasteiger partial charge < -0.3 is 10.2 Å². The third kappa shape index (κ3) is 3.20. The van der Waals surface area contributed by atoms with E-state index in [9.17, 15) is 10.2 Å². The Morgan fingerprint density at radius 2 is 1.67 bits per heavy atom. The van der Waals surface area contributed by atoms with Crippen LogP contribution in [-0.4, -0.2) is 23.4 Å². The molecule has 2 nitrogen and oxygen atoms in total. The van der Waals surface area contributed by atoms with Crippen molar-refractivity contribution in [2.75, 3.05) is 13.2 Å². The van der Waals surface area contributed by atoms with Crippen LogP contribution in [0, 0.1) is 5.41 Å². The maximum Gasteiger partial charge on any atom is 0.0512 e. The van der Waals surface area contributed by atoms with E-state index in [2.05, 4.69) is 0 Å². The summed E-state index contributed by atoms with van der Waals surface area (Å²) in [6.45, 7) is 1.98. The molecular formula is C12H17ClO2. The maximum atomic E-state index is 9.31. The van der Waals surface area contributed by atoms with E-state index >= 15 is 0 Å². The number of hydrogen-bond donors (Lipinski definition) is 2. The van der Waals surface area contributed by atoms with Crippen LogP contribution in [0.2, 0.25) is 5.02 Å². The van der Waals surface area contributed by atoms with E-state index in [4.69, 9.17) is 11.6 Å². The molecule has 0 saturated carbocycles. The standard InChI is InChI=1S/C12H17ClO2/c1-2-12(8-14,9-15)7-10-3-5-11(13)6-4-10/h3-6,14-15H,2,7-9H2,1H3. The topological polar surface area (TPSA) is 40.5 Å². The molecule has 0 saturated heterocycles. The summed E-state index contributed by atoms with van der Waals surface area (Å²) in [5, 5.41) is 19.3. The van der Waals surface area contributed by atoms with E-state index in [1.54, 1.807) is 0 Å². The predicted octanol–water partition coefficient (Wildman–Crippen LogP) is 2.26. The van der Waals surface area contributed by atoms with Crippen LogP contribution in [0.3, 0.4) is 0 Å². The summed E-state index contributed by atoms with van der Waals surface area (Å²) < 4.78 is 0. The molecule has 3 heteroatoms. The largest absolute Gasteiger partial charge is 0.396 e. The molecule has 2 N–H and O–H groups in total. The van der Waals surface area contributed by atoms with Crippen molar-refractivity contribution in [3.63, 3.8) is 0 Å². The van der Waals surface area contributed by atoms with Gasteiger partial charge in [-0.05, 0) is 30.5 Å². The van der Waals surface area contributed by atoms with E-state index in [1.165, 1.54) is 0 Å². The summed E-state index contributed by atoms with van der Waals surface area (Å²) in [7, 11) is 0. The molecule has 0 aliphatic carbocycles. The Kier molecular flexibility index (Phi) is 4.58. The van der Waals surface area contributed by atoms with E-state index < -0.39 is 5.41 Å². The van der Waals surface area contributed by atoms with Crippen LogP contribution in [-0.2, 0) is 6.42 Å². The summed E-state index contributed by atoms with van der Waals surface area (Å²) in [5.41, 5.74) is 0.678. The molecule has 1 aromatic rings. The predicted molar refractivity (Wildman–Crippen MR) is 62.1 cm³/mol. The molecule has 0 bridgehead atoms. The molecular weight excluding hydrogens is 212 g/mol. The molecule has 0 spiro atoms. The highest BCUT2D eigenvalue weighted by Gasteiger charge is 2.26. The summed E-state index contributed by atoms with van der Waals surface area (Å²) in [4.78, 5) is 0. The Labute approximate surface area is 95.5 Å². The van der Waals surface area contributed by atoms with Crippen molar-refractivity contribution in [1.29, 1.82) is 0 Å². The third-order valence-electron chi connectivity index (χ3n) is 2.91. The first-order valence-corrected chi connectivity index (χ1v) is 5.50. The summed E-state index contributed by atoms with van der Waals surface area (Å²) in [6, 6.07) is 7.51. The van der Waals surface area contributed by atoms with Gasteiger partial charge in [0.1, 0.15) is 0 Å². The van der Waals surface area contributed by atoms with Gasteiger partial charge in [0.05, 0.1) is 13.2 Å². The van der Waals surface area contributed by atoms with E-state index in [-0.39, 0.29) is 13.2 Å². The molecule has 0 atom stereocenters. The van der Waals surface area contributed by atoms with Crippen molar-refractivity contribution in [1.82, 2.24) is 0 Å². The zero-order valence-electron chi connectivity index (χ0n) is 8.91. The van der Waals surface area contributed by atoms with Gasteiger partial charge >= 0.3 is 0 Å². The van der Waals surface area contributed by atoms with Crippen LogP contribution in [0.1, 0.15) is 18.9 Å². The molecule has 0 aromatic heterocycles. The van der Waals surface area contributed by atoms with Gasteiger partial charge in [-0.1, -0.05) is 30.7 Å². The van der Waals surface area contributed by atoms with Crippen LogP contribution in [0.15, 0.2) is 24.3 Å². The second-order valence-electron chi connectivity index (χ2n) is 3.97. The van der Waals surface area contributed by atoms with Crippen molar-refractivity contribution < 1.29 is 10.2 Å². The Morgan fingerprint density at radius 1 is 1.13 bits per heavy atom. The average molecular weight is 229 g/mol. The lowest BCUT2D eigenvalue weighted by Gasteiger charge is -2.28. The van der Waals surface area contributed by atoms with Crippen molar-refractivity contribution in [3.05, 3.63) is 34.9 Å². The summed E-state index contributed by atoms with van der Waals surface area (Å²) in [5.74, 6) is 0. The number of benzene rings is 1. The Morgan fingerprint density at radius 3 is 2.07 bits per heavy atom.